The van der Waals surface area contributed by atoms with Gasteiger partial charge in [-0.3, -0.25) is 15.6 Å². The average molecular weight is 239 g/mol. The van der Waals surface area contributed by atoms with E-state index in [2.05, 4.69) is 15.8 Å². The first kappa shape index (κ1) is 12.9. The van der Waals surface area contributed by atoms with Crippen LogP contribution in [-0.2, 0) is 14.3 Å². The Bertz CT molecular complexity index is 382. The minimum absolute atomic E-state index is 0.340. The van der Waals surface area contributed by atoms with E-state index in [1.54, 1.807) is 24.4 Å². The number of carboxylic acids is 1. The Labute approximate surface area is 97.8 Å². The van der Waals surface area contributed by atoms with Crippen molar-refractivity contribution in [3.8, 4) is 0 Å². The number of hydrazine groups is 1. The van der Waals surface area contributed by atoms with Crippen molar-refractivity contribution < 1.29 is 19.4 Å². The van der Waals surface area contributed by atoms with Gasteiger partial charge in [-0.2, -0.15) is 0 Å². The molecule has 1 amide bonds. The monoisotopic (exact) mass is 239 g/mol. The van der Waals surface area contributed by atoms with Crippen molar-refractivity contribution >= 4 is 17.7 Å². The molecule has 0 unspecified atom stereocenters. The molecule has 1 rings (SSSR count). The van der Waals surface area contributed by atoms with Crippen LogP contribution in [0.15, 0.2) is 24.4 Å². The average Bonchev–Trinajstić information content (AvgIpc) is 2.34. The second-order valence-corrected chi connectivity index (χ2v) is 3.18. The van der Waals surface area contributed by atoms with Gasteiger partial charge in [0, 0.05) is 6.20 Å². The molecule has 0 aromatic carbocycles. The second-order valence-electron chi connectivity index (χ2n) is 3.18. The van der Waals surface area contributed by atoms with Crippen LogP contribution in [0.3, 0.4) is 0 Å². The Morgan fingerprint density at radius 1 is 1.53 bits per heavy atom. The third-order valence-corrected chi connectivity index (χ3v) is 1.81. The smallest absolute Gasteiger partial charge is 0.332 e. The van der Waals surface area contributed by atoms with Crippen LogP contribution in [0.1, 0.15) is 6.92 Å². The summed E-state index contributed by atoms with van der Waals surface area (Å²) >= 11 is 0. The Hall–Kier alpha value is -2.15. The van der Waals surface area contributed by atoms with Crippen LogP contribution in [0.4, 0.5) is 5.82 Å². The molecule has 1 aromatic heterocycles. The fourth-order valence-corrected chi connectivity index (χ4v) is 0.879. The molecule has 0 fully saturated rings. The van der Waals surface area contributed by atoms with Crippen LogP contribution >= 0.6 is 0 Å². The summed E-state index contributed by atoms with van der Waals surface area (Å²) in [6.45, 7) is 1.01. The number of carbonyl (C=O) groups is 2. The second kappa shape index (κ2) is 6.44. The van der Waals surface area contributed by atoms with Crippen molar-refractivity contribution in [2.75, 3.05) is 12.0 Å². The number of nitrogens with zero attached hydrogens (tertiary/aromatic N) is 1. The molecule has 92 valence electrons. The molecule has 1 aromatic rings. The summed E-state index contributed by atoms with van der Waals surface area (Å²) < 4.78 is 4.78. The Morgan fingerprint density at radius 2 is 2.29 bits per heavy atom. The minimum Gasteiger partial charge on any atom is -0.479 e. The van der Waals surface area contributed by atoms with Crippen molar-refractivity contribution in [3.63, 3.8) is 0 Å². The number of carboxylic acid groups (broad SMARTS) is 1. The summed E-state index contributed by atoms with van der Waals surface area (Å²) in [4.78, 5) is 25.5. The van der Waals surface area contributed by atoms with Crippen LogP contribution in [-0.4, -0.2) is 34.7 Å². The number of hydrogen-bond acceptors (Lipinski definition) is 5. The highest BCUT2D eigenvalue weighted by atomic mass is 16.5. The van der Waals surface area contributed by atoms with Gasteiger partial charge in [0.1, 0.15) is 12.4 Å². The van der Waals surface area contributed by atoms with Crippen LogP contribution in [0.5, 0.6) is 0 Å². The van der Waals surface area contributed by atoms with Crippen molar-refractivity contribution in [2.45, 2.75) is 13.0 Å². The molecule has 0 aliphatic heterocycles. The van der Waals surface area contributed by atoms with Gasteiger partial charge in [-0.05, 0) is 19.1 Å². The molecular formula is C10H13N3O4. The number of rotatable bonds is 6. The van der Waals surface area contributed by atoms with Gasteiger partial charge in [-0.25, -0.2) is 9.78 Å². The first-order chi connectivity index (χ1) is 8.09. The highest BCUT2D eigenvalue weighted by Gasteiger charge is 2.12. The molecule has 3 N–H and O–H groups in total. The lowest BCUT2D eigenvalue weighted by molar-refractivity contribution is -0.150. The standard InChI is InChI=1S/C10H13N3O4/c1-7(10(15)16)17-6-9(14)13-12-8-4-2-3-5-11-8/h2-5,7H,6H2,1H3,(H,11,12)(H,13,14)(H,15,16)/t7-/m0/s1. The SMILES string of the molecule is C[C@H](OCC(=O)NNc1ccccn1)C(=O)O. The molecule has 0 aliphatic rings. The summed E-state index contributed by atoms with van der Waals surface area (Å²) in [6.07, 6.45) is 0.549. The Morgan fingerprint density at radius 3 is 2.88 bits per heavy atom. The molecule has 7 nitrogen and oxygen atoms in total. The van der Waals surface area contributed by atoms with E-state index < -0.39 is 18.0 Å². The summed E-state index contributed by atoms with van der Waals surface area (Å²) in [5, 5.41) is 8.52. The predicted molar refractivity (Wildman–Crippen MR) is 59.1 cm³/mol. The van der Waals surface area contributed by atoms with Gasteiger partial charge in [-0.1, -0.05) is 6.07 Å². The molecule has 0 radical (unpaired) electrons. The number of nitrogens with one attached hydrogen (secondary N) is 2. The van der Waals surface area contributed by atoms with E-state index in [9.17, 15) is 9.59 Å². The highest BCUT2D eigenvalue weighted by molar-refractivity contribution is 5.79. The highest BCUT2D eigenvalue weighted by Crippen LogP contribution is 1.96. The van der Waals surface area contributed by atoms with Crippen molar-refractivity contribution in [3.05, 3.63) is 24.4 Å². The lowest BCUT2D eigenvalue weighted by atomic mass is 10.4. The third kappa shape index (κ3) is 4.94. The maximum absolute atomic E-state index is 11.2. The van der Waals surface area contributed by atoms with Gasteiger partial charge >= 0.3 is 5.97 Å². The van der Waals surface area contributed by atoms with E-state index in [4.69, 9.17) is 9.84 Å². The lowest BCUT2D eigenvalue weighted by Crippen LogP contribution is -2.35. The zero-order chi connectivity index (χ0) is 12.7. The first-order valence-corrected chi connectivity index (χ1v) is 4.90. The molecule has 0 bridgehead atoms. The molecule has 0 aliphatic carbocycles. The number of amides is 1. The third-order valence-electron chi connectivity index (χ3n) is 1.81. The molecule has 1 heterocycles. The molecule has 0 saturated carbocycles. The number of carbonyl (C=O) groups excluding carboxylic acids is 1. The molecule has 17 heavy (non-hydrogen) atoms. The molecule has 7 heteroatoms. The van der Waals surface area contributed by atoms with Crippen molar-refractivity contribution in [1.82, 2.24) is 10.4 Å². The molecular weight excluding hydrogens is 226 g/mol. The first-order valence-electron chi connectivity index (χ1n) is 4.90. The Kier molecular flexibility index (Phi) is 4.89. The van der Waals surface area contributed by atoms with Gasteiger partial charge in [-0.15, -0.1) is 0 Å². The fraction of sp³-hybridized carbons (Fsp3) is 0.300. The van der Waals surface area contributed by atoms with E-state index >= 15 is 0 Å². The van der Waals surface area contributed by atoms with Crippen molar-refractivity contribution in [2.24, 2.45) is 0 Å². The van der Waals surface area contributed by atoms with E-state index in [-0.39, 0.29) is 6.61 Å². The van der Waals surface area contributed by atoms with Crippen LogP contribution in [0.25, 0.3) is 0 Å². The number of ether oxygens (including phenoxy) is 1. The number of anilines is 1. The van der Waals surface area contributed by atoms with Crippen LogP contribution in [0, 0.1) is 0 Å². The summed E-state index contributed by atoms with van der Waals surface area (Å²) in [5.41, 5.74) is 4.88. The maximum atomic E-state index is 11.2. The van der Waals surface area contributed by atoms with E-state index in [1.165, 1.54) is 6.92 Å². The quantitative estimate of drug-likeness (QED) is 0.605. The molecule has 0 saturated heterocycles. The number of pyridine rings is 1. The number of aliphatic carboxylic acids is 1. The van der Waals surface area contributed by atoms with Crippen LogP contribution in [0.2, 0.25) is 0 Å². The van der Waals surface area contributed by atoms with E-state index in [0.717, 1.165) is 0 Å². The maximum Gasteiger partial charge on any atom is 0.332 e. The minimum atomic E-state index is -1.12. The topological polar surface area (TPSA) is 101 Å². The lowest BCUT2D eigenvalue weighted by Gasteiger charge is -2.09. The number of hydrogen-bond donors (Lipinski definition) is 3. The normalized spacial score (nSPS) is 11.6. The van der Waals surface area contributed by atoms with Gasteiger partial charge in [0.25, 0.3) is 5.91 Å². The van der Waals surface area contributed by atoms with Gasteiger partial charge in [0.2, 0.25) is 0 Å². The van der Waals surface area contributed by atoms with Crippen LogP contribution < -0.4 is 10.9 Å². The van der Waals surface area contributed by atoms with Gasteiger partial charge in [0.15, 0.2) is 6.10 Å². The van der Waals surface area contributed by atoms with Crippen molar-refractivity contribution in [1.29, 1.82) is 0 Å². The zero-order valence-electron chi connectivity index (χ0n) is 9.21. The van der Waals surface area contributed by atoms with Gasteiger partial charge < -0.3 is 9.84 Å². The predicted octanol–water partition coefficient (Wildman–Crippen LogP) is 0.0144. The zero-order valence-corrected chi connectivity index (χ0v) is 9.21. The fourth-order valence-electron chi connectivity index (χ4n) is 0.879. The van der Waals surface area contributed by atoms with E-state index in [0.29, 0.717) is 5.82 Å². The Balaban J connectivity index is 2.24. The summed E-state index contributed by atoms with van der Waals surface area (Å²) in [5.74, 6) is -1.12. The molecule has 0 spiro atoms. The largest absolute Gasteiger partial charge is 0.479 e. The van der Waals surface area contributed by atoms with E-state index in [1.807, 2.05) is 0 Å². The van der Waals surface area contributed by atoms with Gasteiger partial charge in [0.05, 0.1) is 0 Å². The number of aromatic nitrogens is 1. The summed E-state index contributed by atoms with van der Waals surface area (Å²) in [7, 11) is 0. The summed E-state index contributed by atoms with van der Waals surface area (Å²) in [6, 6.07) is 5.16. The molecule has 1 atom stereocenters.